The molecule has 0 bridgehead atoms. The molecule has 0 aliphatic rings. The van der Waals surface area contributed by atoms with Gasteiger partial charge in [0, 0.05) is 18.9 Å². The zero-order chi connectivity index (χ0) is 19.0. The molecule has 4 rings (SSSR count). The summed E-state index contributed by atoms with van der Waals surface area (Å²) in [5, 5.41) is 0. The topological polar surface area (TPSA) is 17.8 Å². The largest absolute Gasteiger partial charge is 0.343 e. The van der Waals surface area contributed by atoms with Crippen molar-refractivity contribution in [1.29, 1.82) is 0 Å². The zero-order valence-corrected chi connectivity index (χ0v) is 15.8. The summed E-state index contributed by atoms with van der Waals surface area (Å²) in [5.74, 6) is 0. The predicted molar refractivity (Wildman–Crippen MR) is 119 cm³/mol. The van der Waals surface area contributed by atoms with Crippen LogP contribution in [0.4, 0.5) is 0 Å². The van der Waals surface area contributed by atoms with E-state index in [-0.39, 0.29) is 0 Å². The van der Waals surface area contributed by atoms with Crippen molar-refractivity contribution in [3.8, 4) is 0 Å². The second-order valence-electron chi connectivity index (χ2n) is 6.74. The molecule has 2 nitrogen and oxygen atoms in total. The van der Waals surface area contributed by atoms with Crippen molar-refractivity contribution in [2.45, 2.75) is 13.0 Å². The van der Waals surface area contributed by atoms with Gasteiger partial charge in [0.2, 0.25) is 7.28 Å². The number of nitrogens with zero attached hydrogens (tertiary/aromatic N) is 2. The molecule has 0 aliphatic carbocycles. The average Bonchev–Trinajstić information content (AvgIpc) is 3.21. The molecule has 0 fully saturated rings. The lowest BCUT2D eigenvalue weighted by Crippen LogP contribution is -2.28. The minimum Gasteiger partial charge on any atom is -0.343 e. The van der Waals surface area contributed by atoms with Crippen molar-refractivity contribution in [1.82, 2.24) is 9.55 Å². The summed E-state index contributed by atoms with van der Waals surface area (Å²) >= 11 is 0. The molecule has 0 saturated carbocycles. The van der Waals surface area contributed by atoms with Crippen molar-refractivity contribution in [3.05, 3.63) is 120 Å². The van der Waals surface area contributed by atoms with Crippen molar-refractivity contribution in [3.63, 3.8) is 0 Å². The average molecular weight is 361 g/mol. The highest BCUT2D eigenvalue weighted by molar-refractivity contribution is 6.73. The highest BCUT2D eigenvalue weighted by Crippen LogP contribution is 2.17. The first-order valence-electron chi connectivity index (χ1n) is 9.60. The van der Waals surface area contributed by atoms with E-state index < -0.39 is 0 Å². The Morgan fingerprint density at radius 2 is 1.46 bits per heavy atom. The minimum absolute atomic E-state index is 0.906. The third-order valence-electron chi connectivity index (χ3n) is 4.75. The lowest BCUT2D eigenvalue weighted by Gasteiger charge is -2.11. The first-order valence-corrected chi connectivity index (χ1v) is 9.60. The maximum atomic E-state index is 4.60. The van der Waals surface area contributed by atoms with Gasteiger partial charge in [-0.15, -0.1) is 0 Å². The summed E-state index contributed by atoms with van der Waals surface area (Å²) in [5.41, 5.74) is 5.83. The quantitative estimate of drug-likeness (QED) is 0.346. The highest BCUT2D eigenvalue weighted by Gasteiger charge is 2.11. The Hall–Kier alpha value is -3.33. The molecule has 0 atom stereocenters. The Bertz CT molecular complexity index is 1020. The summed E-state index contributed by atoms with van der Waals surface area (Å²) < 4.78 is 2.22. The van der Waals surface area contributed by atoms with Gasteiger partial charge in [0.25, 0.3) is 0 Å². The van der Waals surface area contributed by atoms with Gasteiger partial charge in [0.15, 0.2) is 0 Å². The standard InChI is InChI=1S/C25H22BN2/c1-4-10-21(11-5-1)16-18-28-19-17-27-25(28)26-24(23-14-8-3-9-15-23)20-22-12-6-2-7-13-22/h1-15,17,19-20H,16,18H2. The van der Waals surface area contributed by atoms with Gasteiger partial charge in [-0.05, 0) is 23.1 Å². The molecule has 0 spiro atoms. The first kappa shape index (κ1) is 18.1. The van der Waals surface area contributed by atoms with Gasteiger partial charge in [0.1, 0.15) is 0 Å². The molecular formula is C25H22BN2. The second-order valence-corrected chi connectivity index (χ2v) is 6.74. The Balaban J connectivity index is 1.58. The lowest BCUT2D eigenvalue weighted by atomic mass is 9.65. The van der Waals surface area contributed by atoms with Crippen LogP contribution in [0.5, 0.6) is 0 Å². The van der Waals surface area contributed by atoms with Crippen LogP contribution in [0.15, 0.2) is 103 Å². The van der Waals surface area contributed by atoms with Crippen LogP contribution in [0.25, 0.3) is 11.5 Å². The Kier molecular flexibility index (Phi) is 5.84. The van der Waals surface area contributed by atoms with E-state index in [1.165, 1.54) is 16.7 Å². The molecule has 3 heteroatoms. The molecular weight excluding hydrogens is 339 g/mol. The normalized spacial score (nSPS) is 11.4. The van der Waals surface area contributed by atoms with Gasteiger partial charge in [-0.3, -0.25) is 4.98 Å². The molecule has 1 aromatic heterocycles. The molecule has 135 valence electrons. The van der Waals surface area contributed by atoms with Crippen molar-refractivity contribution < 1.29 is 0 Å². The maximum absolute atomic E-state index is 4.60. The van der Waals surface area contributed by atoms with E-state index in [4.69, 9.17) is 0 Å². The van der Waals surface area contributed by atoms with E-state index in [9.17, 15) is 0 Å². The molecule has 0 amide bonds. The SMILES string of the molecule is [B](C(=Cc1ccccc1)c1ccccc1)c1nccn1CCc1ccccc1. The molecule has 0 aliphatic heterocycles. The number of hydrogen-bond acceptors (Lipinski definition) is 1. The van der Waals surface area contributed by atoms with Gasteiger partial charge in [-0.1, -0.05) is 103 Å². The molecule has 0 N–H and O–H groups in total. The van der Waals surface area contributed by atoms with Gasteiger partial charge in [-0.2, -0.15) is 0 Å². The van der Waals surface area contributed by atoms with Gasteiger partial charge in [0.05, 0.1) is 5.72 Å². The number of rotatable bonds is 7. The summed E-state index contributed by atoms with van der Waals surface area (Å²) in [6.07, 6.45) is 7.13. The summed E-state index contributed by atoms with van der Waals surface area (Å²) in [6.45, 7) is 0.906. The van der Waals surface area contributed by atoms with Crippen LogP contribution in [0.2, 0.25) is 0 Å². The third-order valence-corrected chi connectivity index (χ3v) is 4.75. The Labute approximate surface area is 167 Å². The predicted octanol–water partition coefficient (Wildman–Crippen LogP) is 4.65. The maximum Gasteiger partial charge on any atom is 0.241 e. The highest BCUT2D eigenvalue weighted by atomic mass is 15.0. The van der Waals surface area contributed by atoms with Crippen LogP contribution in [-0.4, -0.2) is 16.8 Å². The smallest absolute Gasteiger partial charge is 0.241 e. The number of hydrogen-bond donors (Lipinski definition) is 0. The van der Waals surface area contributed by atoms with E-state index in [0.29, 0.717) is 0 Å². The summed E-state index contributed by atoms with van der Waals surface area (Å²) in [7, 11) is 2.17. The van der Waals surface area contributed by atoms with Crippen LogP contribution in [0.3, 0.4) is 0 Å². The van der Waals surface area contributed by atoms with E-state index in [0.717, 1.165) is 24.2 Å². The Morgan fingerprint density at radius 1 is 0.821 bits per heavy atom. The zero-order valence-electron chi connectivity index (χ0n) is 15.8. The molecule has 0 unspecified atom stereocenters. The molecule has 1 heterocycles. The fraction of sp³-hybridized carbons (Fsp3) is 0.0800. The first-order chi connectivity index (χ1) is 13.9. The molecule has 3 aromatic carbocycles. The van der Waals surface area contributed by atoms with E-state index in [2.05, 4.69) is 108 Å². The van der Waals surface area contributed by atoms with Crippen molar-refractivity contribution in [2.75, 3.05) is 0 Å². The monoisotopic (exact) mass is 361 g/mol. The van der Waals surface area contributed by atoms with Gasteiger partial charge in [-0.25, -0.2) is 0 Å². The lowest BCUT2D eigenvalue weighted by molar-refractivity contribution is 0.714. The molecule has 4 aromatic rings. The number of imidazole rings is 1. The summed E-state index contributed by atoms with van der Waals surface area (Å²) in [4.78, 5) is 4.60. The number of benzene rings is 3. The number of aromatic nitrogens is 2. The molecule has 0 saturated heterocycles. The number of aryl methyl sites for hydroxylation is 2. The van der Waals surface area contributed by atoms with E-state index in [1.807, 2.05) is 18.3 Å². The van der Waals surface area contributed by atoms with E-state index >= 15 is 0 Å². The van der Waals surface area contributed by atoms with Gasteiger partial charge < -0.3 is 4.57 Å². The van der Waals surface area contributed by atoms with Crippen molar-refractivity contribution in [2.24, 2.45) is 0 Å². The van der Waals surface area contributed by atoms with Crippen LogP contribution in [0, 0.1) is 0 Å². The van der Waals surface area contributed by atoms with Gasteiger partial charge >= 0.3 is 0 Å². The summed E-state index contributed by atoms with van der Waals surface area (Å²) in [6, 6.07) is 31.5. The van der Waals surface area contributed by atoms with Crippen LogP contribution in [-0.2, 0) is 13.0 Å². The van der Waals surface area contributed by atoms with Crippen LogP contribution in [0.1, 0.15) is 16.7 Å². The van der Waals surface area contributed by atoms with E-state index in [1.54, 1.807) is 0 Å². The third kappa shape index (κ3) is 4.69. The second kappa shape index (κ2) is 9.05. The fourth-order valence-electron chi connectivity index (χ4n) is 3.25. The minimum atomic E-state index is 0.906. The molecule has 1 radical (unpaired) electrons. The molecule has 28 heavy (non-hydrogen) atoms. The van der Waals surface area contributed by atoms with Crippen LogP contribution >= 0.6 is 0 Å². The fourth-order valence-corrected chi connectivity index (χ4v) is 3.25. The Morgan fingerprint density at radius 3 is 2.18 bits per heavy atom. The van der Waals surface area contributed by atoms with Crippen LogP contribution < -0.4 is 5.72 Å². The van der Waals surface area contributed by atoms with Crippen molar-refractivity contribution >= 4 is 24.6 Å².